The van der Waals surface area contributed by atoms with Gasteiger partial charge in [-0.2, -0.15) is 0 Å². The van der Waals surface area contributed by atoms with E-state index in [1.165, 1.54) is 13.4 Å². The Morgan fingerprint density at radius 2 is 2.15 bits per heavy atom. The number of carbonyl (C=O) groups is 1. The number of hydrogen-bond donors (Lipinski definition) is 3. The van der Waals surface area contributed by atoms with Crippen molar-refractivity contribution in [2.24, 2.45) is 0 Å². The van der Waals surface area contributed by atoms with Crippen LogP contribution in [0.2, 0.25) is 0 Å². The molecule has 4 N–H and O–H groups in total. The lowest BCUT2D eigenvalue weighted by Crippen LogP contribution is -2.22. The average molecular weight is 277 g/mol. The first-order chi connectivity index (χ1) is 9.52. The van der Waals surface area contributed by atoms with Gasteiger partial charge in [0.15, 0.2) is 0 Å². The molecule has 0 bridgehead atoms. The summed E-state index contributed by atoms with van der Waals surface area (Å²) >= 11 is 0. The Labute approximate surface area is 115 Å². The smallest absolute Gasteiger partial charge is 0.308 e. The number of ether oxygens (including phenoxy) is 1. The van der Waals surface area contributed by atoms with E-state index in [1.807, 2.05) is 0 Å². The van der Waals surface area contributed by atoms with Gasteiger partial charge in [-0.3, -0.25) is 4.79 Å². The molecule has 106 valence electrons. The molecule has 0 saturated heterocycles. The number of nitrogens with two attached hydrogens (primary N) is 1. The summed E-state index contributed by atoms with van der Waals surface area (Å²) in [6.07, 6.45) is -1.43. The third-order valence-electron chi connectivity index (χ3n) is 3.00. The standard InChI is InChI=1S/C13H15N3O4/c1-20-11(18)5-10(17)12(19)7-2-3-9-8(4-7)13(14)16-6-15-9/h2-4,6,10,12,17,19H,5H2,1H3,(H2,14,15,16). The molecule has 0 saturated carbocycles. The Balaban J connectivity index is 2.28. The summed E-state index contributed by atoms with van der Waals surface area (Å²) in [5.41, 5.74) is 6.80. The van der Waals surface area contributed by atoms with Gasteiger partial charge in [0.1, 0.15) is 18.2 Å². The van der Waals surface area contributed by atoms with Gasteiger partial charge in [0, 0.05) is 5.39 Å². The number of anilines is 1. The number of carbonyl (C=O) groups excluding carboxylic acids is 1. The van der Waals surface area contributed by atoms with E-state index in [4.69, 9.17) is 5.73 Å². The fourth-order valence-corrected chi connectivity index (χ4v) is 1.87. The quantitative estimate of drug-likeness (QED) is 0.681. The highest BCUT2D eigenvalue weighted by Gasteiger charge is 2.22. The number of aliphatic hydroxyl groups excluding tert-OH is 2. The minimum absolute atomic E-state index is 0.284. The molecule has 20 heavy (non-hydrogen) atoms. The molecule has 2 unspecified atom stereocenters. The lowest BCUT2D eigenvalue weighted by Gasteiger charge is -2.17. The molecule has 0 fully saturated rings. The van der Waals surface area contributed by atoms with Crippen LogP contribution in [0.3, 0.4) is 0 Å². The van der Waals surface area contributed by atoms with Crippen molar-refractivity contribution in [3.05, 3.63) is 30.1 Å². The SMILES string of the molecule is COC(=O)CC(O)C(O)c1ccc2ncnc(N)c2c1. The van der Waals surface area contributed by atoms with Crippen molar-refractivity contribution >= 4 is 22.7 Å². The van der Waals surface area contributed by atoms with Gasteiger partial charge in [0.2, 0.25) is 0 Å². The predicted molar refractivity (Wildman–Crippen MR) is 71.6 cm³/mol. The average Bonchev–Trinajstić information content (AvgIpc) is 2.46. The predicted octanol–water partition coefficient (Wildman–Crippen LogP) is 0.169. The molecular weight excluding hydrogens is 262 g/mol. The highest BCUT2D eigenvalue weighted by molar-refractivity contribution is 5.88. The minimum atomic E-state index is -1.26. The number of nitrogen functional groups attached to an aromatic ring is 1. The zero-order chi connectivity index (χ0) is 14.7. The Kier molecular flexibility index (Phi) is 4.11. The van der Waals surface area contributed by atoms with Crippen LogP contribution in [0.1, 0.15) is 18.1 Å². The summed E-state index contributed by atoms with van der Waals surface area (Å²) in [6.45, 7) is 0. The minimum Gasteiger partial charge on any atom is -0.469 e. The van der Waals surface area contributed by atoms with Gasteiger partial charge in [-0.25, -0.2) is 9.97 Å². The van der Waals surface area contributed by atoms with Crippen LogP contribution in [0.25, 0.3) is 10.9 Å². The molecule has 0 spiro atoms. The number of rotatable bonds is 4. The third kappa shape index (κ3) is 2.84. The summed E-state index contributed by atoms with van der Waals surface area (Å²) in [7, 11) is 1.22. The molecule has 1 aromatic carbocycles. The number of aromatic nitrogens is 2. The maximum Gasteiger partial charge on any atom is 0.308 e. The van der Waals surface area contributed by atoms with E-state index in [2.05, 4.69) is 14.7 Å². The van der Waals surface area contributed by atoms with Crippen LogP contribution < -0.4 is 5.73 Å². The number of nitrogens with zero attached hydrogens (tertiary/aromatic N) is 2. The lowest BCUT2D eigenvalue weighted by molar-refractivity contribution is -0.144. The van der Waals surface area contributed by atoms with E-state index < -0.39 is 18.2 Å². The van der Waals surface area contributed by atoms with Crippen LogP contribution in [0.4, 0.5) is 5.82 Å². The van der Waals surface area contributed by atoms with Crippen molar-refractivity contribution in [3.8, 4) is 0 Å². The zero-order valence-electron chi connectivity index (χ0n) is 10.9. The number of hydrogen-bond acceptors (Lipinski definition) is 7. The molecule has 7 heteroatoms. The van der Waals surface area contributed by atoms with Crippen molar-refractivity contribution < 1.29 is 19.7 Å². The highest BCUT2D eigenvalue weighted by Crippen LogP contribution is 2.25. The van der Waals surface area contributed by atoms with Crippen molar-refractivity contribution in [1.82, 2.24) is 9.97 Å². The number of benzene rings is 1. The Morgan fingerprint density at radius 1 is 1.40 bits per heavy atom. The van der Waals surface area contributed by atoms with E-state index in [-0.39, 0.29) is 12.2 Å². The van der Waals surface area contributed by atoms with Crippen molar-refractivity contribution in [3.63, 3.8) is 0 Å². The number of fused-ring (bicyclic) bond motifs is 1. The van der Waals surface area contributed by atoms with Crippen LogP contribution in [-0.4, -0.2) is 39.4 Å². The van der Waals surface area contributed by atoms with Gasteiger partial charge in [0.25, 0.3) is 0 Å². The Morgan fingerprint density at radius 3 is 2.85 bits per heavy atom. The highest BCUT2D eigenvalue weighted by atomic mass is 16.5. The van der Waals surface area contributed by atoms with E-state index in [0.717, 1.165) is 0 Å². The van der Waals surface area contributed by atoms with Crippen LogP contribution >= 0.6 is 0 Å². The lowest BCUT2D eigenvalue weighted by atomic mass is 10.0. The molecule has 2 rings (SSSR count). The summed E-state index contributed by atoms with van der Waals surface area (Å²) in [4.78, 5) is 19.0. The Hall–Kier alpha value is -2.25. The Bertz CT molecular complexity index is 632. The molecule has 0 aliphatic carbocycles. The van der Waals surface area contributed by atoms with Gasteiger partial charge in [0.05, 0.1) is 25.2 Å². The fourth-order valence-electron chi connectivity index (χ4n) is 1.87. The fraction of sp³-hybridized carbons (Fsp3) is 0.308. The van der Waals surface area contributed by atoms with Crippen LogP contribution in [0.5, 0.6) is 0 Å². The van der Waals surface area contributed by atoms with E-state index in [0.29, 0.717) is 16.5 Å². The first-order valence-electron chi connectivity index (χ1n) is 5.96. The van der Waals surface area contributed by atoms with Crippen LogP contribution in [-0.2, 0) is 9.53 Å². The molecule has 2 aromatic rings. The largest absolute Gasteiger partial charge is 0.469 e. The molecule has 1 heterocycles. The van der Waals surface area contributed by atoms with Gasteiger partial charge >= 0.3 is 5.97 Å². The maximum atomic E-state index is 11.1. The molecule has 0 aliphatic heterocycles. The van der Waals surface area contributed by atoms with Gasteiger partial charge in [-0.15, -0.1) is 0 Å². The molecular formula is C13H15N3O4. The summed E-state index contributed by atoms with van der Waals surface area (Å²) in [5, 5.41) is 20.4. The second-order valence-electron chi connectivity index (χ2n) is 4.33. The maximum absolute atomic E-state index is 11.1. The third-order valence-corrected chi connectivity index (χ3v) is 3.00. The summed E-state index contributed by atoms with van der Waals surface area (Å²) < 4.78 is 4.45. The first kappa shape index (κ1) is 14.2. The zero-order valence-corrected chi connectivity index (χ0v) is 10.9. The van der Waals surface area contributed by atoms with E-state index in [9.17, 15) is 15.0 Å². The topological polar surface area (TPSA) is 119 Å². The molecule has 7 nitrogen and oxygen atoms in total. The summed E-state index contributed by atoms with van der Waals surface area (Å²) in [5.74, 6) is -0.313. The van der Waals surface area contributed by atoms with Crippen LogP contribution in [0.15, 0.2) is 24.5 Å². The molecule has 2 atom stereocenters. The van der Waals surface area contributed by atoms with Gasteiger partial charge < -0.3 is 20.7 Å². The number of aliphatic hydroxyl groups is 2. The van der Waals surface area contributed by atoms with Crippen LogP contribution in [0, 0.1) is 0 Å². The monoisotopic (exact) mass is 277 g/mol. The van der Waals surface area contributed by atoms with Gasteiger partial charge in [-0.1, -0.05) is 6.07 Å². The normalized spacial score (nSPS) is 13.9. The van der Waals surface area contributed by atoms with E-state index in [1.54, 1.807) is 18.2 Å². The number of esters is 1. The second kappa shape index (κ2) is 5.81. The molecule has 1 aromatic heterocycles. The summed E-state index contributed by atoms with van der Waals surface area (Å²) in [6, 6.07) is 4.87. The molecule has 0 radical (unpaired) electrons. The second-order valence-corrected chi connectivity index (χ2v) is 4.33. The van der Waals surface area contributed by atoms with E-state index >= 15 is 0 Å². The molecule has 0 amide bonds. The first-order valence-corrected chi connectivity index (χ1v) is 5.96. The molecule has 0 aliphatic rings. The number of methoxy groups -OCH3 is 1. The van der Waals surface area contributed by atoms with Crippen molar-refractivity contribution in [2.75, 3.05) is 12.8 Å². The van der Waals surface area contributed by atoms with Crippen molar-refractivity contribution in [2.45, 2.75) is 18.6 Å². The van der Waals surface area contributed by atoms with Crippen molar-refractivity contribution in [1.29, 1.82) is 0 Å². The van der Waals surface area contributed by atoms with Gasteiger partial charge in [-0.05, 0) is 17.7 Å².